The zero-order valence-corrected chi connectivity index (χ0v) is 34.9. The number of carbonyl (C=O) groups excluding carboxylic acids is 3. The van der Waals surface area contributed by atoms with Crippen LogP contribution in [0.1, 0.15) is 120 Å². The van der Waals surface area contributed by atoms with E-state index in [9.17, 15) is 18.9 Å². The minimum absolute atomic E-state index is 0.0337. The number of hydrogen-bond acceptors (Lipinski definition) is 7. The number of piperidine rings is 3. The molecule has 3 amide bonds. The van der Waals surface area contributed by atoms with E-state index in [1.165, 1.54) is 72.2 Å². The molecule has 316 valence electrons. The Hall–Kier alpha value is -5.22. The molecule has 1 saturated carbocycles. The van der Waals surface area contributed by atoms with Gasteiger partial charge in [0.15, 0.2) is 5.75 Å². The van der Waals surface area contributed by atoms with Gasteiger partial charge in [-0.2, -0.15) is 0 Å². The lowest BCUT2D eigenvalue weighted by Crippen LogP contribution is -2.52. The molecule has 11 rings (SSSR count). The highest BCUT2D eigenvalue weighted by molar-refractivity contribution is 6.05. The van der Waals surface area contributed by atoms with E-state index in [0.29, 0.717) is 36.5 Å². The van der Waals surface area contributed by atoms with E-state index in [2.05, 4.69) is 86.8 Å². The smallest absolute Gasteiger partial charge is 0.255 e. The highest BCUT2D eigenvalue weighted by Gasteiger charge is 2.49. The van der Waals surface area contributed by atoms with Gasteiger partial charge in [-0.05, 0) is 147 Å². The number of imide groups is 1. The summed E-state index contributed by atoms with van der Waals surface area (Å²) in [7, 11) is 0. The molecule has 0 aromatic heterocycles. The Morgan fingerprint density at radius 3 is 2.38 bits per heavy atom. The molecule has 0 radical (unpaired) electrons. The quantitative estimate of drug-likeness (QED) is 0.188. The Balaban J connectivity index is 0.698. The maximum Gasteiger partial charge on any atom is 0.255 e. The van der Waals surface area contributed by atoms with Crippen molar-refractivity contribution in [3.63, 3.8) is 0 Å². The molecule has 9 nitrogen and oxygen atoms in total. The number of aryl methyl sites for hydroxylation is 1. The van der Waals surface area contributed by atoms with Crippen molar-refractivity contribution in [3.8, 4) is 11.5 Å². The molecule has 1 N–H and O–H groups in total. The zero-order valence-electron chi connectivity index (χ0n) is 34.9. The van der Waals surface area contributed by atoms with Gasteiger partial charge in [0.2, 0.25) is 11.8 Å². The van der Waals surface area contributed by atoms with Gasteiger partial charge in [-0.1, -0.05) is 54.6 Å². The van der Waals surface area contributed by atoms with E-state index in [-0.39, 0.29) is 41.2 Å². The molecular formula is C51H55FN4O5. The molecule has 4 atom stereocenters. The third-order valence-corrected chi connectivity index (χ3v) is 16.2. The summed E-state index contributed by atoms with van der Waals surface area (Å²) in [4.78, 5) is 48.9. The van der Waals surface area contributed by atoms with E-state index >= 15 is 0 Å². The van der Waals surface area contributed by atoms with Crippen LogP contribution >= 0.6 is 0 Å². The number of hydrogen-bond donors (Lipinski definition) is 1. The minimum atomic E-state index is -0.621. The lowest BCUT2D eigenvalue weighted by atomic mass is 9.69. The number of anilines is 1. The van der Waals surface area contributed by atoms with Crippen LogP contribution in [0, 0.1) is 11.3 Å². The van der Waals surface area contributed by atoms with Gasteiger partial charge in [-0.15, -0.1) is 0 Å². The molecule has 0 bridgehead atoms. The van der Waals surface area contributed by atoms with Crippen molar-refractivity contribution in [2.75, 3.05) is 44.2 Å². The summed E-state index contributed by atoms with van der Waals surface area (Å²) >= 11 is 0. The fourth-order valence-electron chi connectivity index (χ4n) is 12.8. The fraction of sp³-hybridized carbons (Fsp3) is 0.471. The maximum atomic E-state index is 13.4. The normalized spacial score (nSPS) is 26.5. The van der Waals surface area contributed by atoms with Crippen LogP contribution in [0.5, 0.6) is 11.5 Å². The number of likely N-dealkylation sites (tertiary alicyclic amines) is 1. The summed E-state index contributed by atoms with van der Waals surface area (Å²) in [6.45, 7) is 6.48. The molecule has 7 aliphatic rings. The minimum Gasteiger partial charge on any atom is -0.492 e. The van der Waals surface area contributed by atoms with Crippen molar-refractivity contribution >= 4 is 23.4 Å². The molecule has 2 unspecified atom stereocenters. The summed E-state index contributed by atoms with van der Waals surface area (Å²) in [5.74, 6) is 1.63. The van der Waals surface area contributed by atoms with Gasteiger partial charge in [0.1, 0.15) is 11.8 Å². The number of ether oxygens (including phenoxy) is 1. The van der Waals surface area contributed by atoms with Gasteiger partial charge in [0.05, 0.1) is 13.2 Å². The Labute approximate surface area is 357 Å². The van der Waals surface area contributed by atoms with E-state index in [1.54, 1.807) is 11.0 Å². The third-order valence-electron chi connectivity index (χ3n) is 16.2. The van der Waals surface area contributed by atoms with Crippen LogP contribution in [0.25, 0.3) is 0 Å². The van der Waals surface area contributed by atoms with Gasteiger partial charge in [-0.3, -0.25) is 24.6 Å². The second-order valence-electron chi connectivity index (χ2n) is 19.4. The number of carbonyl (C=O) groups is 3. The third kappa shape index (κ3) is 6.80. The molecule has 2 spiro atoms. The first-order valence-electron chi connectivity index (χ1n) is 22.8. The number of halogens is 1. The summed E-state index contributed by atoms with van der Waals surface area (Å²) in [5.41, 5.74) is 9.60. The molecule has 4 aromatic rings. The lowest BCUT2D eigenvalue weighted by molar-refractivity contribution is -0.136. The SMILES string of the molecule is O=C1CCC(N2Cc3c(ccc4c3OCC43CCN(CC4CCC5(CCN(c6ccc([C@@H]7c8ccc(OF)cc8CC[C@@H]7c7ccccc7)cc6)CC5)C4)CC3)C2=O)C(=O)N1. The Kier molecular flexibility index (Phi) is 9.70. The zero-order chi connectivity index (χ0) is 41.3. The second kappa shape index (κ2) is 15.3. The van der Waals surface area contributed by atoms with Crippen molar-refractivity contribution < 1.29 is 28.6 Å². The second-order valence-corrected chi connectivity index (χ2v) is 19.4. The summed E-state index contributed by atoms with van der Waals surface area (Å²) in [5, 5.41) is 2.41. The van der Waals surface area contributed by atoms with Crippen LogP contribution in [-0.4, -0.2) is 72.9 Å². The number of fused-ring (bicyclic) bond motifs is 5. The van der Waals surface area contributed by atoms with Gasteiger partial charge < -0.3 is 19.4 Å². The average Bonchev–Trinajstić information content (AvgIpc) is 3.97. The molecule has 4 aromatic carbocycles. The van der Waals surface area contributed by atoms with E-state index in [1.807, 2.05) is 12.1 Å². The van der Waals surface area contributed by atoms with Crippen LogP contribution < -0.4 is 19.9 Å². The van der Waals surface area contributed by atoms with Crippen molar-refractivity contribution in [2.45, 2.75) is 100 Å². The van der Waals surface area contributed by atoms with Gasteiger partial charge in [0.25, 0.3) is 5.91 Å². The van der Waals surface area contributed by atoms with Crippen LogP contribution in [0.2, 0.25) is 0 Å². The number of benzene rings is 4. The number of amides is 3. The predicted octanol–water partition coefficient (Wildman–Crippen LogP) is 8.39. The van der Waals surface area contributed by atoms with Gasteiger partial charge >= 0.3 is 0 Å². The monoisotopic (exact) mass is 822 g/mol. The number of nitrogens with zero attached hydrogens (tertiary/aromatic N) is 3. The molecule has 5 heterocycles. The largest absolute Gasteiger partial charge is 0.492 e. The number of nitrogens with one attached hydrogen (secondary N) is 1. The Morgan fingerprint density at radius 1 is 0.803 bits per heavy atom. The first-order chi connectivity index (χ1) is 29.8. The molecule has 2 aliphatic carbocycles. The molecule has 4 fully saturated rings. The summed E-state index contributed by atoms with van der Waals surface area (Å²) in [6.07, 6.45) is 11.1. The Morgan fingerprint density at radius 2 is 1.61 bits per heavy atom. The molecule has 3 saturated heterocycles. The topological polar surface area (TPSA) is 91.4 Å². The van der Waals surface area contributed by atoms with Crippen molar-refractivity contribution in [2.24, 2.45) is 11.3 Å². The summed E-state index contributed by atoms with van der Waals surface area (Å²) in [6, 6.07) is 29.3. The summed E-state index contributed by atoms with van der Waals surface area (Å²) < 4.78 is 19.6. The van der Waals surface area contributed by atoms with Crippen molar-refractivity contribution in [3.05, 3.63) is 124 Å². The molecule has 5 aliphatic heterocycles. The van der Waals surface area contributed by atoms with Crippen molar-refractivity contribution in [1.82, 2.24) is 15.1 Å². The van der Waals surface area contributed by atoms with Crippen LogP contribution in [0.3, 0.4) is 0 Å². The number of rotatable bonds is 7. The first-order valence-corrected chi connectivity index (χ1v) is 22.8. The van der Waals surface area contributed by atoms with Crippen molar-refractivity contribution in [1.29, 1.82) is 0 Å². The highest BCUT2D eigenvalue weighted by Crippen LogP contribution is 2.53. The van der Waals surface area contributed by atoms with Crippen LogP contribution in [-0.2, 0) is 28.0 Å². The molecule has 10 heteroatoms. The first kappa shape index (κ1) is 38.7. The lowest BCUT2D eigenvalue weighted by Gasteiger charge is -2.42. The van der Waals surface area contributed by atoms with E-state index in [4.69, 9.17) is 4.74 Å². The fourth-order valence-corrected chi connectivity index (χ4v) is 12.8. The van der Waals surface area contributed by atoms with E-state index in [0.717, 1.165) is 69.1 Å². The highest BCUT2D eigenvalue weighted by atomic mass is 19.3. The standard InChI is InChI=1S/C51H55FN4O5/c52-61-38-11-13-40-36(28-38)8-12-39(34-4-2-1-3-5-34)46(40)35-6-9-37(10-7-35)55-26-20-50(21-27-55)19-18-33(29-50)30-54-24-22-51(23-25-54)32-60-47-42-31-56(44-16-17-45(57)53-48(44)58)49(59)41(42)14-15-43(47)51/h1-7,9-11,13-15,28,33,39,44,46H,8,12,16-27,29-32H2,(H,53,57,58)/t33?,39-,44?,46+/m1/s1. The van der Waals surface area contributed by atoms with E-state index < -0.39 is 6.04 Å². The van der Waals surface area contributed by atoms with Crippen LogP contribution in [0.15, 0.2) is 84.9 Å². The average molecular weight is 823 g/mol. The van der Waals surface area contributed by atoms with Crippen LogP contribution in [0.4, 0.5) is 10.2 Å². The van der Waals surface area contributed by atoms with Gasteiger partial charge in [-0.25, -0.2) is 0 Å². The molecular weight excluding hydrogens is 768 g/mol. The maximum absolute atomic E-state index is 13.4. The Bertz CT molecular complexity index is 2350. The predicted molar refractivity (Wildman–Crippen MR) is 231 cm³/mol. The van der Waals surface area contributed by atoms with Gasteiger partial charge in [0, 0.05) is 64.3 Å². The molecule has 61 heavy (non-hydrogen) atoms.